The number of anilines is 1. The summed E-state index contributed by atoms with van der Waals surface area (Å²) in [6, 6.07) is 3.16. The summed E-state index contributed by atoms with van der Waals surface area (Å²) in [5, 5.41) is 7.83. The SMILES string of the molecule is COc1cnc2ccc(-c3[nH]nc4nc(N5[C@@H]6CC[C@H]5[C@@H](F)[C@@H](N)C6)c(C)nc34)c(Cl)c2n1. The standard InChI is InChI=1S/C22H22ClFN8O/c1-9-22(32-10-3-6-14(32)17(24)12(25)7-10)29-21-20(27-9)18(30-31-21)11-4-5-13-19(16(11)23)28-15(33-2)8-26-13/h4-5,8,10,12,14,17H,3,6-7,25H2,1-2H3,(H,29,30,31)/t10-,12+,14+,17+/m1/s1. The van der Waals surface area contributed by atoms with Crippen molar-refractivity contribution >= 4 is 39.6 Å². The fourth-order valence-electron chi connectivity index (χ4n) is 5.18. The number of aryl methyl sites for hydroxylation is 1. The van der Waals surface area contributed by atoms with Crippen molar-refractivity contribution < 1.29 is 9.13 Å². The molecule has 0 radical (unpaired) electrons. The Hall–Kier alpha value is -3.11. The second kappa shape index (κ2) is 7.46. The van der Waals surface area contributed by atoms with Crippen LogP contribution in [0.25, 0.3) is 33.5 Å². The first kappa shape index (κ1) is 20.5. The van der Waals surface area contributed by atoms with Crippen molar-refractivity contribution in [2.24, 2.45) is 5.73 Å². The molecule has 4 atom stereocenters. The van der Waals surface area contributed by atoms with E-state index in [1.54, 1.807) is 6.20 Å². The number of piperidine rings is 1. The van der Waals surface area contributed by atoms with Crippen LogP contribution >= 0.6 is 11.6 Å². The van der Waals surface area contributed by atoms with Gasteiger partial charge >= 0.3 is 0 Å². The number of alkyl halides is 1. The Kier molecular flexibility index (Phi) is 4.63. The van der Waals surface area contributed by atoms with Gasteiger partial charge in [-0.15, -0.1) is 0 Å². The van der Waals surface area contributed by atoms with Crippen molar-refractivity contribution in [2.45, 2.75) is 50.5 Å². The first-order valence-electron chi connectivity index (χ1n) is 10.9. The van der Waals surface area contributed by atoms with E-state index in [-0.39, 0.29) is 12.1 Å². The second-order valence-electron chi connectivity index (χ2n) is 8.66. The van der Waals surface area contributed by atoms with E-state index in [2.05, 4.69) is 25.1 Å². The average Bonchev–Trinajstić information content (AvgIpc) is 3.38. The molecule has 2 bridgehead atoms. The number of hydrogen-bond donors (Lipinski definition) is 2. The molecule has 2 aliphatic heterocycles. The van der Waals surface area contributed by atoms with Crippen molar-refractivity contribution in [3.05, 3.63) is 29.0 Å². The highest BCUT2D eigenvalue weighted by atomic mass is 35.5. The Morgan fingerprint density at radius 3 is 2.88 bits per heavy atom. The number of benzene rings is 1. The molecule has 0 amide bonds. The molecule has 2 fully saturated rings. The number of hydrogen-bond acceptors (Lipinski definition) is 8. The van der Waals surface area contributed by atoms with E-state index in [1.807, 2.05) is 19.1 Å². The third kappa shape index (κ3) is 3.04. The van der Waals surface area contributed by atoms with Crippen molar-refractivity contribution in [1.82, 2.24) is 30.1 Å². The molecule has 11 heteroatoms. The number of aromatic amines is 1. The molecule has 4 aromatic rings. The lowest BCUT2D eigenvalue weighted by Crippen LogP contribution is -2.56. The molecule has 0 aliphatic carbocycles. The van der Waals surface area contributed by atoms with Gasteiger partial charge < -0.3 is 15.4 Å². The van der Waals surface area contributed by atoms with Crippen LogP contribution in [0.4, 0.5) is 10.2 Å². The van der Waals surface area contributed by atoms with Crippen LogP contribution in [0.5, 0.6) is 5.88 Å². The van der Waals surface area contributed by atoms with Gasteiger partial charge in [-0.3, -0.25) is 5.10 Å². The van der Waals surface area contributed by atoms with Gasteiger partial charge in [-0.05, 0) is 38.3 Å². The predicted molar refractivity (Wildman–Crippen MR) is 123 cm³/mol. The zero-order chi connectivity index (χ0) is 22.9. The number of methoxy groups -OCH3 is 1. The summed E-state index contributed by atoms with van der Waals surface area (Å²) in [5.74, 6) is 1.04. The monoisotopic (exact) mass is 468 g/mol. The molecule has 6 rings (SSSR count). The highest BCUT2D eigenvalue weighted by molar-refractivity contribution is 6.38. The Morgan fingerprint density at radius 2 is 2.06 bits per heavy atom. The highest BCUT2D eigenvalue weighted by Crippen LogP contribution is 2.41. The van der Waals surface area contributed by atoms with Gasteiger partial charge in [0.05, 0.1) is 41.3 Å². The minimum atomic E-state index is -1.08. The van der Waals surface area contributed by atoms with Crippen LogP contribution in [0.1, 0.15) is 25.0 Å². The number of H-pyrrole nitrogens is 1. The lowest BCUT2D eigenvalue weighted by atomic mass is 9.96. The van der Waals surface area contributed by atoms with Crippen LogP contribution in [0.2, 0.25) is 5.02 Å². The number of fused-ring (bicyclic) bond motifs is 4. The van der Waals surface area contributed by atoms with Gasteiger partial charge in [0.2, 0.25) is 11.5 Å². The Morgan fingerprint density at radius 1 is 1.21 bits per heavy atom. The molecule has 0 saturated carbocycles. The van der Waals surface area contributed by atoms with Crippen LogP contribution in [0, 0.1) is 6.92 Å². The summed E-state index contributed by atoms with van der Waals surface area (Å²) in [6.45, 7) is 1.89. The summed E-state index contributed by atoms with van der Waals surface area (Å²) >= 11 is 6.72. The van der Waals surface area contributed by atoms with E-state index in [0.29, 0.717) is 62.3 Å². The Labute approximate surface area is 193 Å². The highest BCUT2D eigenvalue weighted by Gasteiger charge is 2.47. The molecule has 3 N–H and O–H groups in total. The van der Waals surface area contributed by atoms with Crippen molar-refractivity contribution in [2.75, 3.05) is 12.0 Å². The first-order valence-corrected chi connectivity index (χ1v) is 11.2. The van der Waals surface area contributed by atoms with Gasteiger partial charge in [0.15, 0.2) is 5.82 Å². The van der Waals surface area contributed by atoms with Gasteiger partial charge in [0, 0.05) is 17.6 Å². The Bertz CT molecular complexity index is 1390. The first-order chi connectivity index (χ1) is 16.0. The number of nitrogens with one attached hydrogen (secondary N) is 1. The van der Waals surface area contributed by atoms with Crippen LogP contribution < -0.4 is 15.4 Å². The van der Waals surface area contributed by atoms with E-state index >= 15 is 0 Å². The molecule has 2 aliphatic rings. The third-order valence-corrected chi connectivity index (χ3v) is 7.14. The second-order valence-corrected chi connectivity index (χ2v) is 9.04. The van der Waals surface area contributed by atoms with Crippen molar-refractivity contribution in [1.29, 1.82) is 0 Å². The molecule has 33 heavy (non-hydrogen) atoms. The number of nitrogens with two attached hydrogens (primary N) is 1. The molecule has 3 aromatic heterocycles. The number of nitrogens with zero attached hydrogens (tertiary/aromatic N) is 6. The maximum absolute atomic E-state index is 14.8. The molecular formula is C22H22ClFN8O. The lowest BCUT2D eigenvalue weighted by Gasteiger charge is -2.41. The topological polar surface area (TPSA) is 119 Å². The quantitative estimate of drug-likeness (QED) is 0.470. The summed E-state index contributed by atoms with van der Waals surface area (Å²) in [6.07, 6.45) is 2.75. The van der Waals surface area contributed by atoms with Gasteiger partial charge in [0.1, 0.15) is 17.2 Å². The van der Waals surface area contributed by atoms with E-state index in [9.17, 15) is 4.39 Å². The van der Waals surface area contributed by atoms with Crippen molar-refractivity contribution in [3.63, 3.8) is 0 Å². The van der Waals surface area contributed by atoms with E-state index in [0.717, 1.165) is 12.8 Å². The summed E-state index contributed by atoms with van der Waals surface area (Å²) in [5.41, 5.74) is 10.3. The smallest absolute Gasteiger partial charge is 0.232 e. The lowest BCUT2D eigenvalue weighted by molar-refractivity contribution is 0.203. The van der Waals surface area contributed by atoms with E-state index in [4.69, 9.17) is 32.0 Å². The van der Waals surface area contributed by atoms with Gasteiger partial charge in [-0.25, -0.2) is 24.3 Å². The molecule has 2 saturated heterocycles. The zero-order valence-electron chi connectivity index (χ0n) is 18.1. The number of ether oxygens (including phenoxy) is 1. The minimum absolute atomic E-state index is 0.171. The van der Waals surface area contributed by atoms with Gasteiger partial charge in [-0.2, -0.15) is 5.10 Å². The van der Waals surface area contributed by atoms with E-state index < -0.39 is 12.2 Å². The third-order valence-electron chi connectivity index (χ3n) is 6.76. The van der Waals surface area contributed by atoms with Crippen LogP contribution in [0.15, 0.2) is 18.3 Å². The maximum Gasteiger partial charge on any atom is 0.232 e. The molecule has 5 heterocycles. The summed E-state index contributed by atoms with van der Waals surface area (Å²) in [4.78, 5) is 20.4. The fourth-order valence-corrected chi connectivity index (χ4v) is 5.47. The molecule has 0 unspecified atom stereocenters. The zero-order valence-corrected chi connectivity index (χ0v) is 18.8. The summed E-state index contributed by atoms with van der Waals surface area (Å²) in [7, 11) is 1.53. The molecule has 0 spiro atoms. The number of halogens is 2. The maximum atomic E-state index is 14.8. The molecule has 9 nitrogen and oxygen atoms in total. The average molecular weight is 469 g/mol. The minimum Gasteiger partial charge on any atom is -0.480 e. The normalized spacial score (nSPS) is 24.7. The van der Waals surface area contributed by atoms with Crippen LogP contribution in [-0.4, -0.2) is 61.5 Å². The summed E-state index contributed by atoms with van der Waals surface area (Å²) < 4.78 is 20.0. The fraction of sp³-hybridized carbons (Fsp3) is 0.409. The largest absolute Gasteiger partial charge is 0.480 e. The molecular weight excluding hydrogens is 447 g/mol. The molecule has 170 valence electrons. The van der Waals surface area contributed by atoms with Crippen LogP contribution in [-0.2, 0) is 0 Å². The van der Waals surface area contributed by atoms with Crippen molar-refractivity contribution in [3.8, 4) is 17.1 Å². The van der Waals surface area contributed by atoms with E-state index in [1.165, 1.54) is 7.11 Å². The number of aromatic nitrogens is 6. The predicted octanol–water partition coefficient (Wildman–Crippen LogP) is 3.34. The number of rotatable bonds is 3. The van der Waals surface area contributed by atoms with Gasteiger partial charge in [0.25, 0.3) is 0 Å². The van der Waals surface area contributed by atoms with Crippen LogP contribution in [0.3, 0.4) is 0 Å². The molecule has 1 aromatic carbocycles. The van der Waals surface area contributed by atoms with Gasteiger partial charge in [-0.1, -0.05) is 11.6 Å². The Balaban J connectivity index is 1.46.